The fraction of sp³-hybridized carbons (Fsp3) is 0.533. The molecule has 1 fully saturated rings. The second kappa shape index (κ2) is 5.51. The zero-order valence-corrected chi connectivity index (χ0v) is 11.7. The van der Waals surface area contributed by atoms with Crippen LogP contribution in [-0.2, 0) is 0 Å². The number of primary amides is 1. The predicted molar refractivity (Wildman–Crippen MR) is 79.2 cm³/mol. The van der Waals surface area contributed by atoms with Crippen molar-refractivity contribution >= 4 is 17.3 Å². The number of amides is 1. The van der Waals surface area contributed by atoms with Gasteiger partial charge in [0, 0.05) is 24.0 Å². The Labute approximate surface area is 114 Å². The quantitative estimate of drug-likeness (QED) is 0.820. The van der Waals surface area contributed by atoms with E-state index in [1.165, 1.54) is 12.8 Å². The molecular weight excluding hydrogens is 238 g/mol. The van der Waals surface area contributed by atoms with E-state index in [1.807, 2.05) is 12.1 Å². The van der Waals surface area contributed by atoms with E-state index in [0.29, 0.717) is 17.3 Å². The Morgan fingerprint density at radius 1 is 1.47 bits per heavy atom. The lowest BCUT2D eigenvalue weighted by Gasteiger charge is -2.40. The molecule has 2 rings (SSSR count). The van der Waals surface area contributed by atoms with Crippen LogP contribution in [0.2, 0.25) is 0 Å². The van der Waals surface area contributed by atoms with E-state index < -0.39 is 5.91 Å². The van der Waals surface area contributed by atoms with Gasteiger partial charge in [-0.25, -0.2) is 0 Å². The molecule has 19 heavy (non-hydrogen) atoms. The van der Waals surface area contributed by atoms with Gasteiger partial charge in [0.25, 0.3) is 5.91 Å². The van der Waals surface area contributed by atoms with E-state index in [2.05, 4.69) is 18.7 Å². The summed E-state index contributed by atoms with van der Waals surface area (Å²) < 4.78 is 0. The largest absolute Gasteiger partial charge is 0.398 e. The average Bonchev–Trinajstić information content (AvgIpc) is 2.39. The second-order valence-electron chi connectivity index (χ2n) is 5.52. The highest BCUT2D eigenvalue weighted by atomic mass is 16.1. The van der Waals surface area contributed by atoms with Crippen LogP contribution < -0.4 is 16.4 Å². The van der Waals surface area contributed by atoms with Gasteiger partial charge in [-0.3, -0.25) is 4.79 Å². The first-order chi connectivity index (χ1) is 9.02. The van der Waals surface area contributed by atoms with E-state index in [0.717, 1.165) is 24.6 Å². The van der Waals surface area contributed by atoms with Crippen molar-refractivity contribution in [2.45, 2.75) is 39.2 Å². The minimum atomic E-state index is -0.460. The number of piperidine rings is 1. The number of benzene rings is 1. The van der Waals surface area contributed by atoms with Gasteiger partial charge in [0.15, 0.2) is 0 Å². The molecule has 0 unspecified atom stereocenters. The highest BCUT2D eigenvalue weighted by Crippen LogP contribution is 2.31. The summed E-state index contributed by atoms with van der Waals surface area (Å²) in [6.07, 6.45) is 3.50. The Bertz CT molecular complexity index is 472. The van der Waals surface area contributed by atoms with Crippen molar-refractivity contribution in [3.63, 3.8) is 0 Å². The predicted octanol–water partition coefficient (Wildman–Crippen LogP) is 2.38. The number of nitrogens with zero attached hydrogens (tertiary/aromatic N) is 1. The van der Waals surface area contributed by atoms with Crippen LogP contribution >= 0.6 is 0 Å². The summed E-state index contributed by atoms with van der Waals surface area (Å²) >= 11 is 0. The van der Waals surface area contributed by atoms with E-state index in [1.54, 1.807) is 6.07 Å². The molecule has 0 radical (unpaired) electrons. The molecule has 1 heterocycles. The number of rotatable bonds is 3. The molecule has 1 amide bonds. The van der Waals surface area contributed by atoms with E-state index in [4.69, 9.17) is 11.5 Å². The summed E-state index contributed by atoms with van der Waals surface area (Å²) in [5.41, 5.74) is 13.1. The van der Waals surface area contributed by atoms with Gasteiger partial charge in [0.2, 0.25) is 0 Å². The Morgan fingerprint density at radius 2 is 2.21 bits per heavy atom. The molecule has 0 aromatic heterocycles. The maximum absolute atomic E-state index is 11.4. The molecule has 0 spiro atoms. The van der Waals surface area contributed by atoms with Crippen molar-refractivity contribution in [3.8, 4) is 0 Å². The normalized spacial score (nSPS) is 23.4. The molecule has 1 saturated heterocycles. The van der Waals surface area contributed by atoms with E-state index in [-0.39, 0.29) is 0 Å². The maximum atomic E-state index is 11.4. The summed E-state index contributed by atoms with van der Waals surface area (Å²) in [5.74, 6) is 0.309. The molecule has 4 N–H and O–H groups in total. The Hall–Kier alpha value is -1.71. The lowest BCUT2D eigenvalue weighted by atomic mass is 9.90. The molecule has 2 atom stereocenters. The average molecular weight is 261 g/mol. The molecule has 1 aliphatic rings. The number of carbonyl (C=O) groups excluding carboxylic acids is 1. The minimum absolute atomic E-state index is 0.422. The van der Waals surface area contributed by atoms with Gasteiger partial charge in [-0.05, 0) is 43.4 Å². The Balaban J connectivity index is 2.30. The molecule has 4 heteroatoms. The van der Waals surface area contributed by atoms with Crippen molar-refractivity contribution in [3.05, 3.63) is 23.8 Å². The Kier molecular flexibility index (Phi) is 3.98. The molecule has 1 aromatic rings. The van der Waals surface area contributed by atoms with Gasteiger partial charge in [0.1, 0.15) is 0 Å². The Morgan fingerprint density at radius 3 is 2.84 bits per heavy atom. The molecule has 0 bridgehead atoms. The molecule has 1 aromatic carbocycles. The van der Waals surface area contributed by atoms with Crippen LogP contribution in [0.1, 0.15) is 43.5 Å². The molecule has 1 aliphatic heterocycles. The van der Waals surface area contributed by atoms with E-state index in [9.17, 15) is 4.79 Å². The molecular formula is C15H23N3O. The van der Waals surface area contributed by atoms with Crippen LogP contribution in [-0.4, -0.2) is 18.5 Å². The van der Waals surface area contributed by atoms with Crippen LogP contribution in [0.3, 0.4) is 0 Å². The fourth-order valence-electron chi connectivity index (χ4n) is 2.91. The smallest absolute Gasteiger partial charge is 0.250 e. The van der Waals surface area contributed by atoms with Crippen LogP contribution in [0.4, 0.5) is 11.4 Å². The van der Waals surface area contributed by atoms with Gasteiger partial charge < -0.3 is 16.4 Å². The monoisotopic (exact) mass is 261 g/mol. The van der Waals surface area contributed by atoms with Crippen molar-refractivity contribution in [1.82, 2.24) is 0 Å². The van der Waals surface area contributed by atoms with Crippen molar-refractivity contribution in [2.75, 3.05) is 17.2 Å². The van der Waals surface area contributed by atoms with Gasteiger partial charge in [-0.15, -0.1) is 0 Å². The lowest BCUT2D eigenvalue weighted by Crippen LogP contribution is -2.41. The minimum Gasteiger partial charge on any atom is -0.398 e. The molecule has 0 aliphatic carbocycles. The summed E-state index contributed by atoms with van der Waals surface area (Å²) in [6, 6.07) is 6.13. The SMILES string of the molecule is CC[C@H]1C[C@@H](C)CCN1c1ccc(N)c(C(N)=O)c1. The molecule has 104 valence electrons. The van der Waals surface area contributed by atoms with Crippen LogP contribution in [0.25, 0.3) is 0 Å². The highest BCUT2D eigenvalue weighted by Gasteiger charge is 2.25. The van der Waals surface area contributed by atoms with Crippen LogP contribution in [0, 0.1) is 5.92 Å². The highest BCUT2D eigenvalue weighted by molar-refractivity contribution is 5.99. The zero-order valence-electron chi connectivity index (χ0n) is 11.7. The van der Waals surface area contributed by atoms with Crippen molar-refractivity contribution in [2.24, 2.45) is 11.7 Å². The van der Waals surface area contributed by atoms with Crippen molar-refractivity contribution in [1.29, 1.82) is 0 Å². The first-order valence-corrected chi connectivity index (χ1v) is 6.98. The topological polar surface area (TPSA) is 72.3 Å². The standard InChI is InChI=1S/C15H23N3O/c1-3-11-8-10(2)6-7-18(11)12-4-5-14(16)13(9-12)15(17)19/h4-5,9-11H,3,6-8,16H2,1-2H3,(H2,17,19)/t10-,11-/m0/s1. The fourth-order valence-corrected chi connectivity index (χ4v) is 2.91. The third-order valence-corrected chi connectivity index (χ3v) is 4.08. The molecule has 4 nitrogen and oxygen atoms in total. The van der Waals surface area contributed by atoms with Crippen molar-refractivity contribution < 1.29 is 4.79 Å². The zero-order chi connectivity index (χ0) is 14.0. The second-order valence-corrected chi connectivity index (χ2v) is 5.52. The van der Waals surface area contributed by atoms with Gasteiger partial charge in [-0.1, -0.05) is 13.8 Å². The van der Waals surface area contributed by atoms with Gasteiger partial charge in [-0.2, -0.15) is 0 Å². The first kappa shape index (κ1) is 13.7. The number of hydrogen-bond acceptors (Lipinski definition) is 3. The van der Waals surface area contributed by atoms with Gasteiger partial charge in [0.05, 0.1) is 5.56 Å². The first-order valence-electron chi connectivity index (χ1n) is 6.98. The number of hydrogen-bond donors (Lipinski definition) is 2. The lowest BCUT2D eigenvalue weighted by molar-refractivity contribution is 0.100. The maximum Gasteiger partial charge on any atom is 0.250 e. The number of anilines is 2. The number of nitrogens with two attached hydrogens (primary N) is 2. The van der Waals surface area contributed by atoms with Gasteiger partial charge >= 0.3 is 0 Å². The van der Waals surface area contributed by atoms with Crippen LogP contribution in [0.15, 0.2) is 18.2 Å². The number of nitrogen functional groups attached to an aromatic ring is 1. The third-order valence-electron chi connectivity index (χ3n) is 4.08. The third kappa shape index (κ3) is 2.83. The summed E-state index contributed by atoms with van der Waals surface area (Å²) in [7, 11) is 0. The number of carbonyl (C=O) groups is 1. The summed E-state index contributed by atoms with van der Waals surface area (Å²) in [6.45, 7) is 5.54. The van der Waals surface area contributed by atoms with E-state index >= 15 is 0 Å². The summed E-state index contributed by atoms with van der Waals surface area (Å²) in [4.78, 5) is 13.8. The molecule has 0 saturated carbocycles. The van der Waals surface area contributed by atoms with Crippen LogP contribution in [0.5, 0.6) is 0 Å². The summed E-state index contributed by atoms with van der Waals surface area (Å²) in [5, 5.41) is 0.